The van der Waals surface area contributed by atoms with Gasteiger partial charge in [-0.1, -0.05) is 166 Å². The number of aromatic nitrogens is 3. The first kappa shape index (κ1) is 23.0. The second-order valence-corrected chi connectivity index (χ2v) is 19.0. The van der Waals surface area contributed by atoms with Crippen LogP contribution < -0.4 is 5.19 Å². The predicted octanol–water partition coefficient (Wildman–Crippen LogP) is 11.1. The number of rotatable bonds is 6. The average molecular weight is 658 g/mol. The molecule has 1 aromatic heterocycles. The van der Waals surface area contributed by atoms with Crippen molar-refractivity contribution in [2.75, 3.05) is 0 Å². The lowest BCUT2D eigenvalue weighted by molar-refractivity contribution is 0.660. The van der Waals surface area contributed by atoms with Gasteiger partial charge in [-0.05, 0) is 62.7 Å². The van der Waals surface area contributed by atoms with Crippen LogP contribution in [-0.2, 0) is 5.41 Å². The van der Waals surface area contributed by atoms with Crippen molar-refractivity contribution in [3.05, 3.63) is 157 Å². The molecule has 0 unspecified atom stereocenters. The highest BCUT2D eigenvalue weighted by Crippen LogP contribution is 2.49. The lowest BCUT2D eigenvalue weighted by atomic mass is 9.81. The van der Waals surface area contributed by atoms with Gasteiger partial charge in [0.15, 0.2) is 17.5 Å². The molecular formula is C45H39N3Si. The van der Waals surface area contributed by atoms with Gasteiger partial charge < -0.3 is 0 Å². The minimum Gasteiger partial charge on any atom is -0.208 e. The molecule has 1 aliphatic rings. The standard InChI is InChI=1S/C45H39N3Si/c1-45(2)40-20-10-9-19-38(40)39-26-23-35(29-41(39)45)33-16-11-15-32(27-33)34-17-12-18-36(28-34)44-47-42(30-13-7-6-8-14-30)46-43(48-44)31-21-24-37(25-22-31)49(3,4)5/h6-29H,1-5H3/i11D,12D,15D,16D,17D,18D,27D,28D. The fourth-order valence-corrected chi connectivity index (χ4v) is 7.67. The maximum Gasteiger partial charge on any atom is 0.164 e. The molecule has 0 aliphatic heterocycles. The summed E-state index contributed by atoms with van der Waals surface area (Å²) in [7, 11) is -1.61. The molecule has 0 N–H and O–H groups in total. The molecule has 8 rings (SSSR count). The third kappa shape index (κ3) is 5.72. The number of benzene rings is 6. The summed E-state index contributed by atoms with van der Waals surface area (Å²) >= 11 is 0. The Hall–Kier alpha value is -5.45. The monoisotopic (exact) mass is 657 g/mol. The van der Waals surface area contributed by atoms with E-state index >= 15 is 0 Å². The fourth-order valence-electron chi connectivity index (χ4n) is 6.51. The molecule has 0 bridgehead atoms. The summed E-state index contributed by atoms with van der Waals surface area (Å²) in [4.78, 5) is 14.3. The molecule has 0 amide bonds. The summed E-state index contributed by atoms with van der Waals surface area (Å²) in [6.45, 7) is 11.0. The molecule has 6 aromatic carbocycles. The van der Waals surface area contributed by atoms with Crippen molar-refractivity contribution >= 4 is 13.3 Å². The maximum absolute atomic E-state index is 9.57. The van der Waals surface area contributed by atoms with Gasteiger partial charge in [-0.2, -0.15) is 0 Å². The molecule has 4 heteroatoms. The van der Waals surface area contributed by atoms with Crippen molar-refractivity contribution in [3.8, 4) is 67.5 Å². The number of fused-ring (bicyclic) bond motifs is 3. The molecule has 1 heterocycles. The van der Waals surface area contributed by atoms with E-state index in [1.54, 1.807) is 6.07 Å². The van der Waals surface area contributed by atoms with Crippen LogP contribution >= 0.6 is 0 Å². The van der Waals surface area contributed by atoms with Crippen molar-refractivity contribution in [2.45, 2.75) is 38.9 Å². The van der Waals surface area contributed by atoms with Gasteiger partial charge in [0.2, 0.25) is 0 Å². The third-order valence-corrected chi connectivity index (χ3v) is 11.3. The molecule has 49 heavy (non-hydrogen) atoms. The first-order chi connectivity index (χ1) is 27.0. The Morgan fingerprint density at radius 2 is 0.980 bits per heavy atom. The predicted molar refractivity (Wildman–Crippen MR) is 208 cm³/mol. The third-order valence-electron chi connectivity index (χ3n) is 9.27. The van der Waals surface area contributed by atoms with E-state index in [2.05, 4.69) is 57.8 Å². The molecule has 238 valence electrons. The highest BCUT2D eigenvalue weighted by atomic mass is 28.3. The number of hydrogen-bond donors (Lipinski definition) is 0. The van der Waals surface area contributed by atoms with Crippen LogP contribution in [0, 0.1) is 0 Å². The maximum atomic E-state index is 9.57. The highest BCUT2D eigenvalue weighted by molar-refractivity contribution is 6.88. The molecule has 3 nitrogen and oxygen atoms in total. The second kappa shape index (κ2) is 11.9. The smallest absolute Gasteiger partial charge is 0.164 e. The quantitative estimate of drug-likeness (QED) is 0.167. The summed E-state index contributed by atoms with van der Waals surface area (Å²) in [6.07, 6.45) is 0. The summed E-state index contributed by atoms with van der Waals surface area (Å²) in [5.74, 6) is 0.506. The lowest BCUT2D eigenvalue weighted by Gasteiger charge is -2.22. The van der Waals surface area contributed by atoms with Crippen LogP contribution in [0.15, 0.2) is 145 Å². The van der Waals surface area contributed by atoms with Crippen molar-refractivity contribution in [3.63, 3.8) is 0 Å². The van der Waals surface area contributed by atoms with Crippen molar-refractivity contribution in [2.24, 2.45) is 0 Å². The van der Waals surface area contributed by atoms with E-state index in [-0.39, 0.29) is 51.4 Å². The van der Waals surface area contributed by atoms with Gasteiger partial charge >= 0.3 is 0 Å². The molecular weight excluding hydrogens is 611 g/mol. The van der Waals surface area contributed by atoms with Crippen molar-refractivity contribution in [1.29, 1.82) is 0 Å². The van der Waals surface area contributed by atoms with Crippen LogP contribution in [0.25, 0.3) is 67.5 Å². The van der Waals surface area contributed by atoms with E-state index in [1.807, 2.05) is 66.7 Å². The molecule has 0 fully saturated rings. The van der Waals surface area contributed by atoms with E-state index in [4.69, 9.17) is 23.2 Å². The van der Waals surface area contributed by atoms with Gasteiger partial charge in [0, 0.05) is 22.1 Å². The Labute approximate surface area is 301 Å². The molecule has 1 aliphatic carbocycles. The van der Waals surface area contributed by atoms with Crippen LogP contribution in [0.2, 0.25) is 19.6 Å². The zero-order chi connectivity index (χ0) is 40.7. The van der Waals surface area contributed by atoms with Gasteiger partial charge in [-0.3, -0.25) is 0 Å². The molecule has 0 saturated heterocycles. The van der Waals surface area contributed by atoms with E-state index in [0.29, 0.717) is 22.5 Å². The second-order valence-electron chi connectivity index (χ2n) is 13.9. The SMILES string of the molecule is [2H]c1c([2H])c(-c2ccc3c(c2)C(C)(C)c2ccccc2-3)c([2H])c(-c2c([2H])c([2H])c([2H])c(-c3nc(-c4ccccc4)nc(-c4ccc([Si](C)(C)C)cc4)n3)c2[2H])c1[2H]. The number of hydrogen-bond acceptors (Lipinski definition) is 3. The van der Waals surface area contributed by atoms with E-state index in [1.165, 1.54) is 5.19 Å². The van der Waals surface area contributed by atoms with E-state index < -0.39 is 44.3 Å². The van der Waals surface area contributed by atoms with Gasteiger partial charge in [-0.25, -0.2) is 15.0 Å². The average Bonchev–Trinajstić information content (AvgIpc) is 3.43. The van der Waals surface area contributed by atoms with Crippen molar-refractivity contribution in [1.82, 2.24) is 15.0 Å². The van der Waals surface area contributed by atoms with Gasteiger partial charge in [-0.15, -0.1) is 0 Å². The Morgan fingerprint density at radius 1 is 0.490 bits per heavy atom. The fraction of sp³-hybridized carbons (Fsp3) is 0.133. The first-order valence-electron chi connectivity index (χ1n) is 20.4. The Balaban J connectivity index is 1.35. The van der Waals surface area contributed by atoms with Crippen LogP contribution in [0.4, 0.5) is 0 Å². The summed E-state index contributed by atoms with van der Waals surface area (Å²) in [5, 5.41) is 1.25. The van der Waals surface area contributed by atoms with Gasteiger partial charge in [0.05, 0.1) is 19.0 Å². The summed E-state index contributed by atoms with van der Waals surface area (Å²) in [5.41, 5.74) is 5.18. The molecule has 0 spiro atoms. The van der Waals surface area contributed by atoms with Crippen LogP contribution in [0.1, 0.15) is 35.9 Å². The zero-order valence-corrected chi connectivity index (χ0v) is 29.1. The Morgan fingerprint density at radius 3 is 1.63 bits per heavy atom. The largest absolute Gasteiger partial charge is 0.208 e. The van der Waals surface area contributed by atoms with Gasteiger partial charge in [0.1, 0.15) is 0 Å². The minimum absolute atomic E-state index is 0.0696. The van der Waals surface area contributed by atoms with E-state index in [9.17, 15) is 2.74 Å². The molecule has 7 aromatic rings. The molecule has 0 atom stereocenters. The summed E-state index contributed by atoms with van der Waals surface area (Å²) < 4.78 is 73.2. The topological polar surface area (TPSA) is 38.7 Å². The lowest BCUT2D eigenvalue weighted by Crippen LogP contribution is -2.37. The van der Waals surface area contributed by atoms with E-state index in [0.717, 1.165) is 22.3 Å². The highest BCUT2D eigenvalue weighted by Gasteiger charge is 2.35. The molecule has 0 radical (unpaired) electrons. The van der Waals surface area contributed by atoms with Crippen LogP contribution in [0.5, 0.6) is 0 Å². The number of nitrogens with zero attached hydrogens (tertiary/aromatic N) is 3. The van der Waals surface area contributed by atoms with Gasteiger partial charge in [0.25, 0.3) is 0 Å². The summed E-state index contributed by atoms with van der Waals surface area (Å²) in [6, 6.07) is 27.5. The molecule has 0 saturated carbocycles. The Kier molecular flexibility index (Phi) is 5.59. The Bertz CT molecular complexity index is 2780. The zero-order valence-electron chi connectivity index (χ0n) is 36.1. The van der Waals surface area contributed by atoms with Crippen molar-refractivity contribution < 1.29 is 11.0 Å². The van der Waals surface area contributed by atoms with Crippen LogP contribution in [0.3, 0.4) is 0 Å². The minimum atomic E-state index is -1.61. The normalized spacial score (nSPS) is 15.4. The van der Waals surface area contributed by atoms with Crippen LogP contribution in [-0.4, -0.2) is 23.0 Å². The first-order valence-corrected chi connectivity index (χ1v) is 19.9.